The summed E-state index contributed by atoms with van der Waals surface area (Å²) in [4.78, 5) is 14.5. The first kappa shape index (κ1) is 14.0. The summed E-state index contributed by atoms with van der Waals surface area (Å²) in [7, 11) is 1.85. The van der Waals surface area contributed by atoms with Crippen molar-refractivity contribution in [1.82, 2.24) is 14.7 Å². The van der Waals surface area contributed by atoms with Crippen LogP contribution in [0.2, 0.25) is 0 Å². The molecule has 0 aromatic carbocycles. The molecule has 2 unspecified atom stereocenters. The molecule has 0 aliphatic carbocycles. The fraction of sp³-hybridized carbons (Fsp3) is 0.692. The van der Waals surface area contributed by atoms with Crippen LogP contribution in [0, 0.1) is 13.8 Å². The van der Waals surface area contributed by atoms with Gasteiger partial charge in [0.2, 0.25) is 0 Å². The largest absolute Gasteiger partial charge is 0.370 e. The Kier molecular flexibility index (Phi) is 3.91. The van der Waals surface area contributed by atoms with Crippen molar-refractivity contribution in [3.63, 3.8) is 0 Å². The third kappa shape index (κ3) is 2.64. The minimum atomic E-state index is -0.0787. The molecule has 1 aliphatic rings. The number of hydrogen-bond donors (Lipinski definition) is 1. The zero-order chi connectivity index (χ0) is 14.2. The summed E-state index contributed by atoms with van der Waals surface area (Å²) in [6.45, 7) is 7.32. The number of ether oxygens (including phenoxy) is 1. The summed E-state index contributed by atoms with van der Waals surface area (Å²) in [5, 5.41) is 4.30. The maximum absolute atomic E-state index is 12.6. The summed E-state index contributed by atoms with van der Waals surface area (Å²) in [6.07, 6.45) is -0.0616. The van der Waals surface area contributed by atoms with Gasteiger partial charge in [-0.15, -0.1) is 0 Å². The number of aryl methyl sites for hydroxylation is 2. The minimum Gasteiger partial charge on any atom is -0.370 e. The monoisotopic (exact) mass is 266 g/mol. The number of nitrogens with two attached hydrogens (primary N) is 1. The summed E-state index contributed by atoms with van der Waals surface area (Å²) in [5.41, 5.74) is 8.02. The summed E-state index contributed by atoms with van der Waals surface area (Å²) >= 11 is 0. The molecule has 19 heavy (non-hydrogen) atoms. The number of rotatable bonds is 2. The summed E-state index contributed by atoms with van der Waals surface area (Å²) in [6, 6.07) is 0. The maximum Gasteiger partial charge on any atom is 0.257 e. The van der Waals surface area contributed by atoms with Crippen LogP contribution in [0.5, 0.6) is 0 Å². The number of hydrogen-bond acceptors (Lipinski definition) is 4. The number of morpholine rings is 1. The van der Waals surface area contributed by atoms with E-state index in [-0.39, 0.29) is 18.1 Å². The average molecular weight is 266 g/mol. The van der Waals surface area contributed by atoms with E-state index in [1.165, 1.54) is 0 Å². The van der Waals surface area contributed by atoms with E-state index in [9.17, 15) is 4.79 Å². The molecular formula is C13H22N4O2. The number of aromatic nitrogens is 2. The first-order valence-corrected chi connectivity index (χ1v) is 6.59. The molecule has 2 N–H and O–H groups in total. The predicted octanol–water partition coefficient (Wildman–Crippen LogP) is 0.225. The topological polar surface area (TPSA) is 73.4 Å². The molecule has 2 atom stereocenters. The molecule has 0 radical (unpaired) electrons. The zero-order valence-corrected chi connectivity index (χ0v) is 12.0. The van der Waals surface area contributed by atoms with Crippen LogP contribution in [-0.4, -0.2) is 52.4 Å². The number of amides is 1. The van der Waals surface area contributed by atoms with Crippen molar-refractivity contribution < 1.29 is 9.53 Å². The highest BCUT2D eigenvalue weighted by Gasteiger charge is 2.30. The zero-order valence-electron chi connectivity index (χ0n) is 12.0. The molecule has 1 aromatic rings. The van der Waals surface area contributed by atoms with Crippen LogP contribution in [0.3, 0.4) is 0 Å². The third-order valence-electron chi connectivity index (χ3n) is 3.60. The fourth-order valence-corrected chi connectivity index (χ4v) is 2.58. The molecule has 1 amide bonds. The van der Waals surface area contributed by atoms with E-state index in [0.717, 1.165) is 11.4 Å². The Morgan fingerprint density at radius 2 is 2.16 bits per heavy atom. The van der Waals surface area contributed by atoms with Crippen LogP contribution in [-0.2, 0) is 11.8 Å². The molecule has 0 bridgehead atoms. The second kappa shape index (κ2) is 5.30. The van der Waals surface area contributed by atoms with Gasteiger partial charge in [0.05, 0.1) is 23.5 Å². The minimum absolute atomic E-state index is 0.0172. The van der Waals surface area contributed by atoms with Gasteiger partial charge in [-0.1, -0.05) is 0 Å². The van der Waals surface area contributed by atoms with Gasteiger partial charge in [-0.25, -0.2) is 0 Å². The standard InChI is InChI=1S/C13H22N4O2/c1-8-6-17(7-11(5-14)19-8)13(18)12-9(2)15-16(4)10(12)3/h8,11H,5-7,14H2,1-4H3. The lowest BCUT2D eigenvalue weighted by Gasteiger charge is -2.36. The summed E-state index contributed by atoms with van der Waals surface area (Å²) in [5.74, 6) is 0.0247. The van der Waals surface area contributed by atoms with Crippen molar-refractivity contribution in [2.75, 3.05) is 19.6 Å². The van der Waals surface area contributed by atoms with Crippen LogP contribution in [0.4, 0.5) is 0 Å². The van der Waals surface area contributed by atoms with Crippen LogP contribution >= 0.6 is 0 Å². The maximum atomic E-state index is 12.6. The van der Waals surface area contributed by atoms with E-state index in [4.69, 9.17) is 10.5 Å². The molecule has 1 aromatic heterocycles. The first-order valence-electron chi connectivity index (χ1n) is 6.59. The molecule has 0 spiro atoms. The lowest BCUT2D eigenvalue weighted by molar-refractivity contribution is -0.0626. The number of carbonyl (C=O) groups excluding carboxylic acids is 1. The van der Waals surface area contributed by atoms with Crippen LogP contribution in [0.15, 0.2) is 0 Å². The molecule has 6 nitrogen and oxygen atoms in total. The molecule has 0 saturated carbocycles. The van der Waals surface area contributed by atoms with Gasteiger partial charge >= 0.3 is 0 Å². The first-order chi connectivity index (χ1) is 8.93. The van der Waals surface area contributed by atoms with E-state index in [0.29, 0.717) is 25.2 Å². The Bertz CT molecular complexity index is 483. The quantitative estimate of drug-likeness (QED) is 0.831. The Morgan fingerprint density at radius 1 is 1.47 bits per heavy atom. The molecular weight excluding hydrogens is 244 g/mol. The van der Waals surface area contributed by atoms with Gasteiger partial charge in [0, 0.05) is 32.4 Å². The average Bonchev–Trinajstić information content (AvgIpc) is 2.61. The van der Waals surface area contributed by atoms with E-state index < -0.39 is 0 Å². The van der Waals surface area contributed by atoms with E-state index in [1.54, 1.807) is 4.68 Å². The van der Waals surface area contributed by atoms with Crippen molar-refractivity contribution in [2.24, 2.45) is 12.8 Å². The van der Waals surface area contributed by atoms with E-state index in [1.807, 2.05) is 32.7 Å². The van der Waals surface area contributed by atoms with Crippen molar-refractivity contribution in [2.45, 2.75) is 33.0 Å². The van der Waals surface area contributed by atoms with Gasteiger partial charge in [0.15, 0.2) is 0 Å². The van der Waals surface area contributed by atoms with Crippen molar-refractivity contribution >= 4 is 5.91 Å². The van der Waals surface area contributed by atoms with Crippen molar-refractivity contribution in [1.29, 1.82) is 0 Å². The van der Waals surface area contributed by atoms with Gasteiger partial charge in [0.25, 0.3) is 5.91 Å². The second-order valence-electron chi connectivity index (χ2n) is 5.18. The predicted molar refractivity (Wildman–Crippen MR) is 72.0 cm³/mol. The number of nitrogens with zero attached hydrogens (tertiary/aromatic N) is 3. The van der Waals surface area contributed by atoms with Crippen molar-refractivity contribution in [3.8, 4) is 0 Å². The molecule has 106 valence electrons. The normalized spacial score (nSPS) is 23.7. The molecule has 1 fully saturated rings. The van der Waals surface area contributed by atoms with Crippen molar-refractivity contribution in [3.05, 3.63) is 17.0 Å². The second-order valence-corrected chi connectivity index (χ2v) is 5.18. The lowest BCUT2D eigenvalue weighted by atomic mass is 10.1. The number of carbonyl (C=O) groups is 1. The van der Waals surface area contributed by atoms with Gasteiger partial charge in [-0.2, -0.15) is 5.10 Å². The third-order valence-corrected chi connectivity index (χ3v) is 3.60. The smallest absolute Gasteiger partial charge is 0.257 e. The molecule has 2 heterocycles. The molecule has 6 heteroatoms. The summed E-state index contributed by atoms with van der Waals surface area (Å²) < 4.78 is 7.42. The Balaban J connectivity index is 2.23. The highest BCUT2D eigenvalue weighted by atomic mass is 16.5. The Morgan fingerprint density at radius 3 is 2.68 bits per heavy atom. The highest BCUT2D eigenvalue weighted by Crippen LogP contribution is 2.18. The Labute approximate surface area is 113 Å². The van der Waals surface area contributed by atoms with E-state index in [2.05, 4.69) is 5.10 Å². The van der Waals surface area contributed by atoms with Gasteiger partial charge in [-0.05, 0) is 20.8 Å². The molecule has 1 aliphatic heterocycles. The SMILES string of the molecule is Cc1nn(C)c(C)c1C(=O)N1CC(C)OC(CN)C1. The lowest BCUT2D eigenvalue weighted by Crippen LogP contribution is -2.51. The van der Waals surface area contributed by atoms with E-state index >= 15 is 0 Å². The molecule has 2 rings (SSSR count). The van der Waals surface area contributed by atoms with Crippen LogP contribution in [0.25, 0.3) is 0 Å². The van der Waals surface area contributed by atoms with Gasteiger partial charge in [0.1, 0.15) is 0 Å². The fourth-order valence-electron chi connectivity index (χ4n) is 2.58. The molecule has 1 saturated heterocycles. The Hall–Kier alpha value is -1.40. The van der Waals surface area contributed by atoms with Crippen LogP contribution < -0.4 is 5.73 Å². The van der Waals surface area contributed by atoms with Gasteiger partial charge < -0.3 is 15.4 Å². The highest BCUT2D eigenvalue weighted by molar-refractivity contribution is 5.96. The van der Waals surface area contributed by atoms with Gasteiger partial charge in [-0.3, -0.25) is 9.48 Å². The van der Waals surface area contributed by atoms with Crippen LogP contribution in [0.1, 0.15) is 28.7 Å².